The lowest BCUT2D eigenvalue weighted by Gasteiger charge is -2.28. The predicted molar refractivity (Wildman–Crippen MR) is 129 cm³/mol. The summed E-state index contributed by atoms with van der Waals surface area (Å²) in [5, 5.41) is 0.908. The highest BCUT2D eigenvalue weighted by atomic mass is 16.5. The molecule has 6 rings (SSSR count). The molecule has 2 aliphatic rings. The molecule has 0 saturated heterocycles. The average molecular weight is 453 g/mol. The molecule has 170 valence electrons. The molecule has 1 aliphatic heterocycles. The Morgan fingerprint density at radius 2 is 1.71 bits per heavy atom. The second kappa shape index (κ2) is 7.85. The minimum atomic E-state index is -0.302. The van der Waals surface area contributed by atoms with Crippen LogP contribution in [0.5, 0.6) is 11.5 Å². The van der Waals surface area contributed by atoms with Crippen LogP contribution in [0.2, 0.25) is 0 Å². The first-order chi connectivity index (χ1) is 16.6. The van der Waals surface area contributed by atoms with E-state index in [2.05, 4.69) is 6.07 Å². The van der Waals surface area contributed by atoms with Gasteiger partial charge in [0, 0.05) is 16.5 Å². The first-order valence-corrected chi connectivity index (χ1v) is 11.3. The monoisotopic (exact) mass is 453 g/mol. The molecule has 0 bridgehead atoms. The topological polar surface area (TPSA) is 66.8 Å². The number of ether oxygens (including phenoxy) is 3. The molecule has 0 radical (unpaired) electrons. The minimum absolute atomic E-state index is 0.0958. The summed E-state index contributed by atoms with van der Waals surface area (Å²) < 4.78 is 18.9. The largest absolute Gasteiger partial charge is 0.493 e. The molecule has 0 saturated carbocycles. The van der Waals surface area contributed by atoms with Crippen LogP contribution in [0.3, 0.4) is 0 Å². The molecule has 0 unspecified atom stereocenters. The number of carbonyl (C=O) groups is 1. The number of fused-ring (bicyclic) bond motifs is 6. The van der Waals surface area contributed by atoms with Gasteiger partial charge in [0.1, 0.15) is 6.10 Å². The van der Waals surface area contributed by atoms with Gasteiger partial charge in [-0.2, -0.15) is 0 Å². The third kappa shape index (κ3) is 2.85. The molecular formula is C28H23NO5. The van der Waals surface area contributed by atoms with Gasteiger partial charge in [-0.15, -0.1) is 0 Å². The molecule has 6 nitrogen and oxygen atoms in total. The van der Waals surface area contributed by atoms with Crippen molar-refractivity contribution in [2.75, 3.05) is 20.8 Å². The van der Waals surface area contributed by atoms with E-state index in [1.165, 1.54) is 19.8 Å². The zero-order valence-corrected chi connectivity index (χ0v) is 19.0. The molecule has 2 heterocycles. The van der Waals surface area contributed by atoms with Crippen LogP contribution in [0.25, 0.3) is 22.0 Å². The van der Waals surface area contributed by atoms with Crippen molar-refractivity contribution in [2.45, 2.75) is 19.1 Å². The maximum absolute atomic E-state index is 14.1. The summed E-state index contributed by atoms with van der Waals surface area (Å²) in [6.07, 6.45) is 0.535. The lowest BCUT2D eigenvalue weighted by molar-refractivity contribution is 0.0303. The number of ketones is 1. The van der Waals surface area contributed by atoms with Crippen molar-refractivity contribution in [3.8, 4) is 22.8 Å². The van der Waals surface area contributed by atoms with E-state index in [0.717, 1.165) is 17.5 Å². The fourth-order valence-electron chi connectivity index (χ4n) is 5.35. The number of hydrogen-bond acceptors (Lipinski definition) is 5. The van der Waals surface area contributed by atoms with Crippen LogP contribution in [0.4, 0.5) is 0 Å². The summed E-state index contributed by atoms with van der Waals surface area (Å²) in [7, 11) is 3.04. The highest BCUT2D eigenvalue weighted by molar-refractivity contribution is 6.27. The predicted octanol–water partition coefficient (Wildman–Crippen LogP) is 4.54. The second-order valence-corrected chi connectivity index (χ2v) is 8.55. The molecule has 1 atom stereocenters. The molecule has 3 aromatic carbocycles. The van der Waals surface area contributed by atoms with E-state index in [4.69, 9.17) is 14.2 Å². The SMILES string of the molecule is COc1ccc2c3c(n(C[C@@H]4OCCc5ccccc54)c(=O)c2c1OC)-c1ccccc1C3=O. The molecule has 0 amide bonds. The van der Waals surface area contributed by atoms with E-state index in [-0.39, 0.29) is 24.0 Å². The van der Waals surface area contributed by atoms with Gasteiger partial charge in [0.05, 0.1) is 44.0 Å². The Balaban J connectivity index is 1.67. The zero-order valence-electron chi connectivity index (χ0n) is 19.0. The van der Waals surface area contributed by atoms with Crippen LogP contribution in [-0.4, -0.2) is 31.2 Å². The van der Waals surface area contributed by atoms with Crippen LogP contribution < -0.4 is 15.0 Å². The lowest BCUT2D eigenvalue weighted by Crippen LogP contribution is -2.29. The number of pyridine rings is 1. The number of aromatic nitrogens is 1. The molecule has 1 aliphatic carbocycles. The lowest BCUT2D eigenvalue weighted by atomic mass is 9.96. The summed E-state index contributed by atoms with van der Waals surface area (Å²) in [4.78, 5) is 27.7. The van der Waals surface area contributed by atoms with Gasteiger partial charge < -0.3 is 18.8 Å². The van der Waals surface area contributed by atoms with E-state index in [1.807, 2.05) is 42.5 Å². The average Bonchev–Trinajstić information content (AvgIpc) is 3.18. The van der Waals surface area contributed by atoms with Crippen molar-refractivity contribution >= 4 is 16.6 Å². The van der Waals surface area contributed by atoms with Gasteiger partial charge in [0.2, 0.25) is 0 Å². The number of hydrogen-bond donors (Lipinski definition) is 0. The summed E-state index contributed by atoms with van der Waals surface area (Å²) in [5.41, 5.74) is 4.57. The molecule has 6 heteroatoms. The van der Waals surface area contributed by atoms with Gasteiger partial charge in [0.25, 0.3) is 5.56 Å². The Morgan fingerprint density at radius 3 is 2.50 bits per heavy atom. The van der Waals surface area contributed by atoms with E-state index >= 15 is 0 Å². The van der Waals surface area contributed by atoms with Crippen LogP contribution in [0, 0.1) is 0 Å². The highest BCUT2D eigenvalue weighted by Crippen LogP contribution is 2.43. The molecular weight excluding hydrogens is 430 g/mol. The van der Waals surface area contributed by atoms with Crippen molar-refractivity contribution in [2.24, 2.45) is 0 Å². The van der Waals surface area contributed by atoms with E-state index in [1.54, 1.807) is 16.7 Å². The van der Waals surface area contributed by atoms with Crippen LogP contribution in [0.15, 0.2) is 65.5 Å². The summed E-state index contributed by atoms with van der Waals surface area (Å²) in [6.45, 7) is 0.870. The second-order valence-electron chi connectivity index (χ2n) is 8.55. The van der Waals surface area contributed by atoms with Crippen molar-refractivity contribution in [1.29, 1.82) is 0 Å². The van der Waals surface area contributed by atoms with Gasteiger partial charge in [0.15, 0.2) is 17.3 Å². The Kier molecular flexibility index (Phi) is 4.78. The normalized spacial score (nSPS) is 16.2. The Bertz CT molecular complexity index is 1530. The third-order valence-electron chi connectivity index (χ3n) is 6.88. The number of carbonyl (C=O) groups excluding carboxylic acids is 1. The van der Waals surface area contributed by atoms with Crippen molar-refractivity contribution in [1.82, 2.24) is 4.57 Å². The summed E-state index contributed by atoms with van der Waals surface area (Å²) >= 11 is 0. The Hall–Kier alpha value is -3.90. The van der Waals surface area contributed by atoms with Crippen LogP contribution >= 0.6 is 0 Å². The maximum atomic E-state index is 14.1. The van der Waals surface area contributed by atoms with Crippen molar-refractivity contribution < 1.29 is 19.0 Å². The molecule has 1 aromatic heterocycles. The van der Waals surface area contributed by atoms with Crippen molar-refractivity contribution in [3.05, 3.63) is 93.3 Å². The molecule has 34 heavy (non-hydrogen) atoms. The van der Waals surface area contributed by atoms with Crippen LogP contribution in [-0.2, 0) is 17.7 Å². The summed E-state index contributed by atoms with van der Waals surface area (Å²) in [5.74, 6) is 0.678. The maximum Gasteiger partial charge on any atom is 0.262 e. The van der Waals surface area contributed by atoms with Gasteiger partial charge in [-0.3, -0.25) is 9.59 Å². The summed E-state index contributed by atoms with van der Waals surface area (Å²) in [6, 6.07) is 19.1. The van der Waals surface area contributed by atoms with Gasteiger partial charge in [-0.1, -0.05) is 48.5 Å². The number of methoxy groups -OCH3 is 2. The van der Waals surface area contributed by atoms with E-state index < -0.39 is 0 Å². The Labute approximate surface area is 196 Å². The van der Waals surface area contributed by atoms with Gasteiger partial charge >= 0.3 is 0 Å². The van der Waals surface area contributed by atoms with Gasteiger partial charge in [-0.25, -0.2) is 0 Å². The highest BCUT2D eigenvalue weighted by Gasteiger charge is 2.35. The molecule has 4 aromatic rings. The Morgan fingerprint density at radius 1 is 0.941 bits per heavy atom. The quantitative estimate of drug-likeness (QED) is 0.400. The molecule has 0 N–H and O–H groups in total. The molecule has 0 spiro atoms. The fourth-order valence-corrected chi connectivity index (χ4v) is 5.35. The zero-order chi connectivity index (χ0) is 23.4. The van der Waals surface area contributed by atoms with E-state index in [9.17, 15) is 9.59 Å². The minimum Gasteiger partial charge on any atom is -0.493 e. The van der Waals surface area contributed by atoms with Crippen molar-refractivity contribution in [3.63, 3.8) is 0 Å². The molecule has 0 fully saturated rings. The third-order valence-corrected chi connectivity index (χ3v) is 6.88. The van der Waals surface area contributed by atoms with Crippen LogP contribution in [0.1, 0.15) is 33.2 Å². The van der Waals surface area contributed by atoms with Gasteiger partial charge in [-0.05, 0) is 29.7 Å². The number of nitrogens with zero attached hydrogens (tertiary/aromatic N) is 1. The first-order valence-electron chi connectivity index (χ1n) is 11.3. The fraction of sp³-hybridized carbons (Fsp3) is 0.214. The smallest absolute Gasteiger partial charge is 0.262 e. The van der Waals surface area contributed by atoms with E-state index in [0.29, 0.717) is 45.7 Å². The number of benzene rings is 3. The standard InChI is InChI=1S/C28H23NO5/c1-32-21-12-11-20-23-25(18-9-5-6-10-19(18)26(23)30)29(28(31)24(20)27(21)33-2)15-22-17-8-4-3-7-16(17)13-14-34-22/h3-12,22H,13-15H2,1-2H3/t22-/m0/s1. The first kappa shape index (κ1) is 20.7. The number of rotatable bonds is 4.